The molecule has 0 spiro atoms. The first-order chi connectivity index (χ1) is 9.54. The molecule has 1 fully saturated rings. The summed E-state index contributed by atoms with van der Waals surface area (Å²) in [5.41, 5.74) is 1.15. The largest absolute Gasteiger partial charge is 0.372 e. The van der Waals surface area contributed by atoms with Crippen LogP contribution >= 0.6 is 0 Å². The number of amides is 1. The number of carbonyl (C=O) groups is 1. The summed E-state index contributed by atoms with van der Waals surface area (Å²) < 4.78 is 7.51. The molecule has 1 amide bonds. The van der Waals surface area contributed by atoms with Gasteiger partial charge < -0.3 is 15.0 Å². The third-order valence-corrected chi connectivity index (χ3v) is 3.33. The van der Waals surface area contributed by atoms with Crippen molar-refractivity contribution in [3.8, 4) is 0 Å². The molecular formula is C14H24N4O2. The van der Waals surface area contributed by atoms with Gasteiger partial charge in [-0.3, -0.25) is 9.48 Å². The van der Waals surface area contributed by atoms with Crippen molar-refractivity contribution in [1.29, 1.82) is 0 Å². The van der Waals surface area contributed by atoms with Gasteiger partial charge in [-0.15, -0.1) is 0 Å². The molecule has 2 atom stereocenters. The first kappa shape index (κ1) is 15.0. The van der Waals surface area contributed by atoms with Crippen LogP contribution in [0.15, 0.2) is 12.4 Å². The number of hydrogen-bond acceptors (Lipinski definition) is 4. The van der Waals surface area contributed by atoms with E-state index >= 15 is 0 Å². The second-order valence-corrected chi connectivity index (χ2v) is 5.51. The van der Waals surface area contributed by atoms with Gasteiger partial charge >= 0.3 is 0 Å². The molecule has 0 aromatic carbocycles. The van der Waals surface area contributed by atoms with Crippen LogP contribution in [0.5, 0.6) is 0 Å². The molecule has 2 heterocycles. The number of aromatic nitrogens is 2. The van der Waals surface area contributed by atoms with Gasteiger partial charge in [0, 0.05) is 25.8 Å². The third kappa shape index (κ3) is 4.31. The summed E-state index contributed by atoms with van der Waals surface area (Å²) in [6.07, 6.45) is 4.07. The Morgan fingerprint density at radius 2 is 2.15 bits per heavy atom. The van der Waals surface area contributed by atoms with Crippen LogP contribution in [-0.2, 0) is 16.1 Å². The second-order valence-electron chi connectivity index (χ2n) is 5.51. The first-order valence-electron chi connectivity index (χ1n) is 7.17. The zero-order valence-corrected chi connectivity index (χ0v) is 12.5. The lowest BCUT2D eigenvalue weighted by Crippen LogP contribution is -2.50. The molecule has 1 aliphatic heterocycles. The molecule has 0 bridgehead atoms. The number of rotatable bonds is 5. The molecule has 20 heavy (non-hydrogen) atoms. The van der Waals surface area contributed by atoms with E-state index in [-0.39, 0.29) is 18.1 Å². The quantitative estimate of drug-likeness (QED) is 0.794. The first-order valence-corrected chi connectivity index (χ1v) is 7.17. The molecule has 0 saturated carbocycles. The van der Waals surface area contributed by atoms with E-state index in [1.54, 1.807) is 0 Å². The highest BCUT2D eigenvalue weighted by atomic mass is 16.5. The Morgan fingerprint density at radius 3 is 2.75 bits per heavy atom. The van der Waals surface area contributed by atoms with Gasteiger partial charge in [0.05, 0.1) is 31.5 Å². The van der Waals surface area contributed by atoms with Crippen LogP contribution in [-0.4, -0.2) is 59.0 Å². The fourth-order valence-corrected chi connectivity index (χ4v) is 2.47. The monoisotopic (exact) mass is 280 g/mol. The lowest BCUT2D eigenvalue weighted by molar-refractivity contribution is -0.142. The van der Waals surface area contributed by atoms with E-state index in [9.17, 15) is 4.79 Å². The summed E-state index contributed by atoms with van der Waals surface area (Å²) in [6, 6.07) is 0. The molecule has 1 aliphatic rings. The summed E-state index contributed by atoms with van der Waals surface area (Å²) in [7, 11) is 0. The van der Waals surface area contributed by atoms with Gasteiger partial charge in [0.1, 0.15) is 0 Å². The number of hydrogen-bond donors (Lipinski definition) is 1. The lowest BCUT2D eigenvalue weighted by atomic mass is 10.2. The zero-order chi connectivity index (χ0) is 14.5. The molecule has 1 N–H and O–H groups in total. The van der Waals surface area contributed by atoms with E-state index in [1.165, 1.54) is 0 Å². The lowest BCUT2D eigenvalue weighted by Gasteiger charge is -2.35. The number of carbonyl (C=O) groups excluding carboxylic acids is 1. The minimum absolute atomic E-state index is 0.120. The van der Waals surface area contributed by atoms with Gasteiger partial charge in [-0.05, 0) is 26.3 Å². The summed E-state index contributed by atoms with van der Waals surface area (Å²) in [4.78, 5) is 14.0. The van der Waals surface area contributed by atoms with Crippen LogP contribution in [0.4, 0.5) is 0 Å². The highest BCUT2D eigenvalue weighted by Crippen LogP contribution is 2.10. The van der Waals surface area contributed by atoms with Crippen molar-refractivity contribution in [2.24, 2.45) is 0 Å². The predicted molar refractivity (Wildman–Crippen MR) is 76.4 cm³/mol. The molecule has 1 aromatic rings. The van der Waals surface area contributed by atoms with E-state index in [0.29, 0.717) is 19.6 Å². The Bertz CT molecular complexity index is 436. The van der Waals surface area contributed by atoms with Crippen molar-refractivity contribution >= 4 is 5.91 Å². The highest BCUT2D eigenvalue weighted by Gasteiger charge is 2.25. The fourth-order valence-electron chi connectivity index (χ4n) is 2.47. The van der Waals surface area contributed by atoms with Crippen molar-refractivity contribution in [2.75, 3.05) is 26.2 Å². The van der Waals surface area contributed by atoms with E-state index < -0.39 is 0 Å². The fraction of sp³-hybridized carbons (Fsp3) is 0.714. The summed E-state index contributed by atoms with van der Waals surface area (Å²) >= 11 is 0. The van der Waals surface area contributed by atoms with Crippen LogP contribution in [0.2, 0.25) is 0 Å². The SMILES string of the molecule is Cc1cnn(CCNCC(=O)N2CC(C)OC(C)C2)c1. The molecule has 6 nitrogen and oxygen atoms in total. The number of nitrogens with zero attached hydrogens (tertiary/aromatic N) is 3. The van der Waals surface area contributed by atoms with Gasteiger partial charge in [-0.2, -0.15) is 5.10 Å². The average molecular weight is 280 g/mol. The zero-order valence-electron chi connectivity index (χ0n) is 12.5. The Morgan fingerprint density at radius 1 is 1.45 bits per heavy atom. The van der Waals surface area contributed by atoms with Crippen LogP contribution in [0.1, 0.15) is 19.4 Å². The van der Waals surface area contributed by atoms with E-state index in [0.717, 1.165) is 18.7 Å². The van der Waals surface area contributed by atoms with Crippen LogP contribution < -0.4 is 5.32 Å². The van der Waals surface area contributed by atoms with Gasteiger partial charge in [0.15, 0.2) is 0 Å². The Kier molecular flexibility index (Phi) is 5.14. The van der Waals surface area contributed by atoms with E-state index in [4.69, 9.17) is 4.74 Å². The average Bonchev–Trinajstić information content (AvgIpc) is 2.79. The van der Waals surface area contributed by atoms with Gasteiger partial charge in [0.2, 0.25) is 5.91 Å². The smallest absolute Gasteiger partial charge is 0.236 e. The molecule has 0 radical (unpaired) electrons. The Labute approximate surface area is 120 Å². The normalized spacial score (nSPS) is 23.1. The maximum absolute atomic E-state index is 12.1. The van der Waals surface area contributed by atoms with Crippen LogP contribution in [0, 0.1) is 6.92 Å². The Balaban J connectivity index is 1.67. The van der Waals surface area contributed by atoms with Crippen LogP contribution in [0.3, 0.4) is 0 Å². The van der Waals surface area contributed by atoms with Crippen molar-refractivity contribution in [3.05, 3.63) is 18.0 Å². The summed E-state index contributed by atoms with van der Waals surface area (Å²) in [5.74, 6) is 0.142. The van der Waals surface area contributed by atoms with Gasteiger partial charge in [0.25, 0.3) is 0 Å². The van der Waals surface area contributed by atoms with Crippen molar-refractivity contribution < 1.29 is 9.53 Å². The molecular weight excluding hydrogens is 256 g/mol. The van der Waals surface area contributed by atoms with Crippen molar-refractivity contribution in [2.45, 2.75) is 39.5 Å². The number of morpholine rings is 1. The minimum atomic E-state index is 0.120. The van der Waals surface area contributed by atoms with Gasteiger partial charge in [-0.1, -0.05) is 0 Å². The second kappa shape index (κ2) is 6.85. The highest BCUT2D eigenvalue weighted by molar-refractivity contribution is 5.78. The summed E-state index contributed by atoms with van der Waals surface area (Å²) in [5, 5.41) is 7.38. The molecule has 2 rings (SSSR count). The number of aryl methyl sites for hydroxylation is 1. The minimum Gasteiger partial charge on any atom is -0.372 e. The summed E-state index contributed by atoms with van der Waals surface area (Å²) in [6.45, 7) is 9.28. The molecule has 1 saturated heterocycles. The topological polar surface area (TPSA) is 59.4 Å². The van der Waals surface area contributed by atoms with E-state index in [1.807, 2.05) is 42.7 Å². The maximum Gasteiger partial charge on any atom is 0.236 e. The van der Waals surface area contributed by atoms with Crippen molar-refractivity contribution in [1.82, 2.24) is 20.0 Å². The Hall–Kier alpha value is -1.40. The van der Waals surface area contributed by atoms with E-state index in [2.05, 4.69) is 10.4 Å². The molecule has 112 valence electrons. The standard InChI is InChI=1S/C14H24N4O2/c1-11-6-16-18(8-11)5-4-15-7-14(19)17-9-12(2)20-13(3)10-17/h6,8,12-13,15H,4-5,7,9-10H2,1-3H3. The number of nitrogens with one attached hydrogen (secondary N) is 1. The van der Waals surface area contributed by atoms with Crippen molar-refractivity contribution in [3.63, 3.8) is 0 Å². The molecule has 2 unspecified atom stereocenters. The molecule has 6 heteroatoms. The third-order valence-electron chi connectivity index (χ3n) is 3.33. The molecule has 1 aromatic heterocycles. The maximum atomic E-state index is 12.1. The van der Waals surface area contributed by atoms with Crippen LogP contribution in [0.25, 0.3) is 0 Å². The number of ether oxygens (including phenoxy) is 1. The van der Waals surface area contributed by atoms with Gasteiger partial charge in [-0.25, -0.2) is 0 Å². The molecule has 0 aliphatic carbocycles. The predicted octanol–water partition coefficient (Wildman–Crippen LogP) is 0.417.